The zero-order valence-corrected chi connectivity index (χ0v) is 15.3. The molecule has 0 saturated heterocycles. The average molecular weight is 413 g/mol. The summed E-state index contributed by atoms with van der Waals surface area (Å²) in [5, 5.41) is 12.4. The van der Waals surface area contributed by atoms with Crippen molar-refractivity contribution in [2.24, 2.45) is 0 Å². The van der Waals surface area contributed by atoms with Crippen LogP contribution in [0.1, 0.15) is 5.56 Å². The van der Waals surface area contributed by atoms with Crippen molar-refractivity contribution in [3.63, 3.8) is 0 Å². The molecule has 0 aromatic heterocycles. The van der Waals surface area contributed by atoms with E-state index in [0.717, 1.165) is 0 Å². The molecule has 1 amide bonds. The Morgan fingerprint density at radius 3 is 2.41 bits per heavy atom. The monoisotopic (exact) mass is 412 g/mol. The second-order valence-corrected chi connectivity index (χ2v) is 5.94. The van der Waals surface area contributed by atoms with Crippen molar-refractivity contribution < 1.29 is 23.0 Å². The third-order valence-electron chi connectivity index (χ3n) is 3.20. The lowest BCUT2D eigenvalue weighted by Gasteiger charge is -2.10. The molecule has 0 heterocycles. The molecule has 0 bridgehead atoms. The van der Waals surface area contributed by atoms with Gasteiger partial charge in [-0.15, -0.1) is 0 Å². The molecule has 27 heavy (non-hydrogen) atoms. The molecule has 0 atom stereocenters. The molecule has 140 valence electrons. The fraction of sp³-hybridized carbons (Fsp3) is 0.111. The van der Waals surface area contributed by atoms with Crippen LogP contribution in [0.5, 0.6) is 11.5 Å². The van der Waals surface area contributed by atoms with Gasteiger partial charge >= 0.3 is 6.61 Å². The molecule has 0 aliphatic heterocycles. The molecule has 5 nitrogen and oxygen atoms in total. The van der Waals surface area contributed by atoms with E-state index in [1.807, 2.05) is 0 Å². The highest BCUT2D eigenvalue weighted by molar-refractivity contribution is 6.35. The van der Waals surface area contributed by atoms with Gasteiger partial charge in [0.15, 0.2) is 11.5 Å². The predicted octanol–water partition coefficient (Wildman–Crippen LogP) is 5.15. The number of hydrogen-bond acceptors (Lipinski definition) is 4. The summed E-state index contributed by atoms with van der Waals surface area (Å²) in [6, 6.07) is 10.2. The highest BCUT2D eigenvalue weighted by Gasteiger charge is 2.13. The Hall–Kier alpha value is -2.82. The first-order valence-electron chi connectivity index (χ1n) is 7.34. The van der Waals surface area contributed by atoms with Gasteiger partial charge in [-0.25, -0.2) is 0 Å². The zero-order chi connectivity index (χ0) is 20.0. The van der Waals surface area contributed by atoms with E-state index in [9.17, 15) is 18.8 Å². The summed E-state index contributed by atoms with van der Waals surface area (Å²) in [5.74, 6) is -0.827. The zero-order valence-electron chi connectivity index (χ0n) is 13.8. The molecule has 0 unspecified atom stereocenters. The molecule has 1 N–H and O–H groups in total. The van der Waals surface area contributed by atoms with E-state index in [4.69, 9.17) is 27.9 Å². The molecule has 0 spiro atoms. The Bertz CT molecular complexity index is 907. The number of amides is 1. The Morgan fingerprint density at radius 1 is 1.19 bits per heavy atom. The van der Waals surface area contributed by atoms with Gasteiger partial charge in [-0.1, -0.05) is 29.3 Å². The molecular weight excluding hydrogens is 401 g/mol. The summed E-state index contributed by atoms with van der Waals surface area (Å²) in [4.78, 5) is 12.3. The minimum Gasteiger partial charge on any atom is -0.493 e. The molecule has 9 heteroatoms. The number of methoxy groups -OCH3 is 1. The summed E-state index contributed by atoms with van der Waals surface area (Å²) in [6.07, 6.45) is 1.27. The standard InChI is InChI=1S/C18H12Cl2F2N2O3/c1-26-16-5-10(2-3-15(16)27-18(21)22)4-11(9-23)17(25)24-14-7-12(19)6-13(20)8-14/h2-8,18H,1H3,(H,24,25)/b11-4+. The van der Waals surface area contributed by atoms with Gasteiger partial charge in [0.1, 0.15) is 11.6 Å². The highest BCUT2D eigenvalue weighted by atomic mass is 35.5. The summed E-state index contributed by atoms with van der Waals surface area (Å²) in [6.45, 7) is -3.01. The normalized spacial score (nSPS) is 11.1. The van der Waals surface area contributed by atoms with Crippen LogP contribution in [0.3, 0.4) is 0 Å². The number of benzene rings is 2. The lowest BCUT2D eigenvalue weighted by Crippen LogP contribution is -2.13. The average Bonchev–Trinajstić information content (AvgIpc) is 2.59. The van der Waals surface area contributed by atoms with Crippen molar-refractivity contribution in [2.45, 2.75) is 6.61 Å². The van der Waals surface area contributed by atoms with E-state index < -0.39 is 12.5 Å². The summed E-state index contributed by atoms with van der Waals surface area (Å²) in [7, 11) is 1.28. The van der Waals surface area contributed by atoms with Crippen LogP contribution in [-0.4, -0.2) is 19.6 Å². The number of anilines is 1. The SMILES string of the molecule is COc1cc(/C=C(\C#N)C(=O)Nc2cc(Cl)cc(Cl)c2)ccc1OC(F)F. The number of halogens is 4. The van der Waals surface area contributed by atoms with E-state index in [-0.39, 0.29) is 17.1 Å². The minimum atomic E-state index is -3.01. The number of carbonyl (C=O) groups excluding carboxylic acids is 1. The number of alkyl halides is 2. The number of hydrogen-bond donors (Lipinski definition) is 1. The van der Waals surface area contributed by atoms with Crippen molar-refractivity contribution in [1.29, 1.82) is 5.26 Å². The molecule has 2 aromatic carbocycles. The van der Waals surface area contributed by atoms with Crippen LogP contribution in [0.4, 0.5) is 14.5 Å². The number of nitrogens with one attached hydrogen (secondary N) is 1. The quantitative estimate of drug-likeness (QED) is 0.525. The molecular formula is C18H12Cl2F2N2O3. The maximum absolute atomic E-state index is 12.4. The Labute approximate surface area is 163 Å². The van der Waals surface area contributed by atoms with Gasteiger partial charge in [-0.2, -0.15) is 14.0 Å². The van der Waals surface area contributed by atoms with E-state index in [0.29, 0.717) is 21.3 Å². The smallest absolute Gasteiger partial charge is 0.387 e. The maximum atomic E-state index is 12.4. The number of nitrogens with zero attached hydrogens (tertiary/aromatic N) is 1. The van der Waals surface area contributed by atoms with Gasteiger partial charge in [-0.05, 0) is 42.0 Å². The molecule has 2 aromatic rings. The Balaban J connectivity index is 2.26. The van der Waals surface area contributed by atoms with Crippen LogP contribution >= 0.6 is 23.2 Å². The minimum absolute atomic E-state index is 0.0309. The van der Waals surface area contributed by atoms with Crippen LogP contribution < -0.4 is 14.8 Å². The topological polar surface area (TPSA) is 71.3 Å². The van der Waals surface area contributed by atoms with Crippen molar-refractivity contribution in [1.82, 2.24) is 0 Å². The van der Waals surface area contributed by atoms with Crippen molar-refractivity contribution in [2.75, 3.05) is 12.4 Å². The van der Waals surface area contributed by atoms with Crippen LogP contribution in [0.25, 0.3) is 6.08 Å². The third kappa shape index (κ3) is 5.84. The Kier molecular flexibility index (Phi) is 6.99. The van der Waals surface area contributed by atoms with E-state index in [1.165, 1.54) is 49.6 Å². The van der Waals surface area contributed by atoms with Crippen LogP contribution in [-0.2, 0) is 4.79 Å². The molecule has 0 radical (unpaired) electrons. The third-order valence-corrected chi connectivity index (χ3v) is 3.64. The molecule has 0 saturated carbocycles. The second-order valence-electron chi connectivity index (χ2n) is 5.07. The number of nitriles is 1. The molecule has 0 fully saturated rings. The Morgan fingerprint density at radius 2 is 1.85 bits per heavy atom. The second kappa shape index (κ2) is 9.21. The van der Waals surface area contributed by atoms with Crippen molar-refractivity contribution in [3.8, 4) is 17.6 Å². The van der Waals surface area contributed by atoms with Crippen molar-refractivity contribution >= 4 is 40.9 Å². The molecule has 2 rings (SSSR count). The van der Waals surface area contributed by atoms with Crippen LogP contribution in [0, 0.1) is 11.3 Å². The van der Waals surface area contributed by atoms with E-state index in [1.54, 1.807) is 6.07 Å². The van der Waals surface area contributed by atoms with E-state index in [2.05, 4.69) is 10.1 Å². The number of carbonyl (C=O) groups is 1. The van der Waals surface area contributed by atoms with Crippen LogP contribution in [0.15, 0.2) is 42.0 Å². The first-order valence-corrected chi connectivity index (χ1v) is 8.10. The fourth-order valence-corrected chi connectivity index (χ4v) is 2.63. The highest BCUT2D eigenvalue weighted by Crippen LogP contribution is 2.30. The maximum Gasteiger partial charge on any atom is 0.387 e. The van der Waals surface area contributed by atoms with Gasteiger partial charge in [0.05, 0.1) is 7.11 Å². The van der Waals surface area contributed by atoms with Gasteiger partial charge < -0.3 is 14.8 Å². The largest absolute Gasteiger partial charge is 0.493 e. The predicted molar refractivity (Wildman–Crippen MR) is 98.3 cm³/mol. The lowest BCUT2D eigenvalue weighted by atomic mass is 10.1. The number of ether oxygens (including phenoxy) is 2. The summed E-state index contributed by atoms with van der Waals surface area (Å²) < 4.78 is 34.0. The van der Waals surface area contributed by atoms with E-state index >= 15 is 0 Å². The lowest BCUT2D eigenvalue weighted by molar-refractivity contribution is -0.112. The number of rotatable bonds is 6. The summed E-state index contributed by atoms with van der Waals surface area (Å²) in [5.41, 5.74) is 0.469. The fourth-order valence-electron chi connectivity index (χ4n) is 2.11. The van der Waals surface area contributed by atoms with Gasteiger partial charge in [0.25, 0.3) is 5.91 Å². The summed E-state index contributed by atoms with van der Waals surface area (Å²) >= 11 is 11.7. The van der Waals surface area contributed by atoms with Gasteiger partial charge in [-0.3, -0.25) is 4.79 Å². The van der Waals surface area contributed by atoms with Gasteiger partial charge in [0, 0.05) is 15.7 Å². The van der Waals surface area contributed by atoms with Crippen LogP contribution in [0.2, 0.25) is 10.0 Å². The first-order chi connectivity index (χ1) is 12.8. The first kappa shape index (κ1) is 20.5. The van der Waals surface area contributed by atoms with Crippen molar-refractivity contribution in [3.05, 3.63) is 57.6 Å². The van der Waals surface area contributed by atoms with Gasteiger partial charge in [0.2, 0.25) is 0 Å². The molecule has 0 aliphatic carbocycles. The molecule has 0 aliphatic rings.